The van der Waals surface area contributed by atoms with Gasteiger partial charge in [0.15, 0.2) is 0 Å². The van der Waals surface area contributed by atoms with E-state index in [2.05, 4.69) is 48.0 Å². The number of pyridine rings is 1. The van der Waals surface area contributed by atoms with Crippen LogP contribution in [0.25, 0.3) is 5.32 Å². The zero-order chi connectivity index (χ0) is 21.8. The smallest absolute Gasteiger partial charge is 0.664 e. The number of aliphatic hydroxyl groups is 2. The second-order valence-electron chi connectivity index (χ2n) is 7.01. The van der Waals surface area contributed by atoms with Gasteiger partial charge in [0.1, 0.15) is 0 Å². The van der Waals surface area contributed by atoms with Crippen molar-refractivity contribution in [3.8, 4) is 0 Å². The average Bonchev–Trinajstić information content (AvgIpc) is 2.65. The van der Waals surface area contributed by atoms with E-state index < -0.39 is 6.10 Å². The van der Waals surface area contributed by atoms with Crippen molar-refractivity contribution in [1.29, 1.82) is 0 Å². The van der Waals surface area contributed by atoms with Gasteiger partial charge in [0.2, 0.25) is 0 Å². The van der Waals surface area contributed by atoms with Gasteiger partial charge in [-0.2, -0.15) is 7.05 Å². The molecule has 0 aromatic carbocycles. The molecule has 1 aliphatic heterocycles. The van der Waals surface area contributed by atoms with Gasteiger partial charge in [0, 0.05) is 25.0 Å². The molecule has 1 saturated heterocycles. The Labute approximate surface area is 192 Å². The van der Waals surface area contributed by atoms with E-state index in [1.165, 1.54) is 38.9 Å². The summed E-state index contributed by atoms with van der Waals surface area (Å²) in [4.78, 5) is 8.57. The first kappa shape index (κ1) is 32.8. The molecule has 2 unspecified atom stereocenters. The number of aliphatic hydroxyl groups excluding tert-OH is 2. The topological polar surface area (TPSA) is 73.9 Å². The molecule has 1 fully saturated rings. The van der Waals surface area contributed by atoms with Crippen LogP contribution in [0, 0.1) is 0 Å². The predicted octanol–water partition coefficient (Wildman–Crippen LogP) is 3.95. The van der Waals surface area contributed by atoms with Crippen LogP contribution in [0.1, 0.15) is 40.5 Å². The van der Waals surface area contributed by atoms with Gasteiger partial charge in [-0.3, -0.25) is 4.98 Å². The molecule has 2 N–H and O–H groups in total. The molecule has 29 heavy (non-hydrogen) atoms. The standard InChI is InChI=1S/C9H20N3.C5H5N.C5H10O2.C3H8.Ru/c1-10-5-7-11(2)8-9-4-6-12(9)3;1-2-4-6-5-3-1;1-4(6)3-5(2)7;1-3-2;/h9H,4-8H2,1-3H3;1-5H;3-4,6-7H,1-2H3;3H2,1-2H3;/q-1;;;;+3. The molecule has 1 aromatic heterocycles. The molecule has 6 nitrogen and oxygen atoms in total. The molecule has 2 heterocycles. The Morgan fingerprint density at radius 3 is 2.07 bits per heavy atom. The maximum Gasteiger partial charge on any atom is 3.00 e. The molecule has 0 spiro atoms. The summed E-state index contributed by atoms with van der Waals surface area (Å²) >= 11 is 0. The Balaban J connectivity index is -0.000000342. The number of aromatic nitrogens is 1. The summed E-state index contributed by atoms with van der Waals surface area (Å²) in [7, 11) is 6.26. The maximum absolute atomic E-state index is 8.49. The molecular weight excluding hydrogens is 453 g/mol. The predicted molar refractivity (Wildman–Crippen MR) is 121 cm³/mol. The summed E-state index contributed by atoms with van der Waals surface area (Å²) in [6.45, 7) is 11.9. The zero-order valence-electron chi connectivity index (χ0n) is 19.4. The Kier molecular flexibility index (Phi) is 26.5. The van der Waals surface area contributed by atoms with Crippen LogP contribution >= 0.6 is 0 Å². The summed E-state index contributed by atoms with van der Waals surface area (Å²) in [5, 5.41) is 21.0. The third-order valence-corrected chi connectivity index (χ3v) is 3.72. The fraction of sp³-hybridized carbons (Fsp3) is 0.682. The van der Waals surface area contributed by atoms with E-state index in [9.17, 15) is 0 Å². The van der Waals surface area contributed by atoms with E-state index in [1.54, 1.807) is 19.3 Å². The molecule has 2 atom stereocenters. The normalized spacial score (nSPS) is 16.4. The number of hydrogen-bond donors (Lipinski definition) is 2. The van der Waals surface area contributed by atoms with Gasteiger partial charge in [-0.15, -0.1) is 6.54 Å². The molecule has 1 aliphatic rings. The molecule has 169 valence electrons. The number of hydrogen-bond acceptors (Lipinski definition) is 5. The van der Waals surface area contributed by atoms with Gasteiger partial charge in [-0.1, -0.05) is 26.3 Å². The van der Waals surface area contributed by atoms with Crippen LogP contribution in [0.5, 0.6) is 0 Å². The third kappa shape index (κ3) is 25.1. The SMILES string of the molecule is CC(O)=CC(C)O.CCC.C[N-]CCN(C)CC1CCN1C.[Ru+3].c1ccncc1. The second kappa shape index (κ2) is 23.4. The van der Waals surface area contributed by atoms with Crippen LogP contribution in [0.2, 0.25) is 0 Å². The van der Waals surface area contributed by atoms with Crippen molar-refractivity contribution in [2.24, 2.45) is 0 Å². The van der Waals surface area contributed by atoms with E-state index in [1.807, 2.05) is 25.2 Å². The van der Waals surface area contributed by atoms with Crippen LogP contribution in [-0.4, -0.2) is 84.5 Å². The largest absolute Gasteiger partial charge is 3.00 e. The molecule has 0 amide bonds. The first-order valence-electron chi connectivity index (χ1n) is 10.1. The number of nitrogens with zero attached hydrogens (tertiary/aromatic N) is 4. The Morgan fingerprint density at radius 1 is 1.31 bits per heavy atom. The van der Waals surface area contributed by atoms with Crippen LogP contribution < -0.4 is 0 Å². The molecule has 0 saturated carbocycles. The first-order chi connectivity index (χ1) is 13.3. The van der Waals surface area contributed by atoms with Crippen molar-refractivity contribution in [2.45, 2.75) is 52.7 Å². The summed E-state index contributed by atoms with van der Waals surface area (Å²) in [6, 6.07) is 6.51. The molecular formula is C22H43N4O2Ru+2. The number of likely N-dealkylation sites (N-methyl/N-ethyl adjacent to an activating group) is 3. The van der Waals surface area contributed by atoms with E-state index in [0.29, 0.717) is 0 Å². The third-order valence-electron chi connectivity index (χ3n) is 3.72. The summed E-state index contributed by atoms with van der Waals surface area (Å²) in [5.74, 6) is 0.162. The summed E-state index contributed by atoms with van der Waals surface area (Å²) in [5.41, 5.74) is 0. The van der Waals surface area contributed by atoms with Crippen molar-refractivity contribution in [2.75, 3.05) is 47.3 Å². The quantitative estimate of drug-likeness (QED) is 0.461. The maximum atomic E-state index is 8.49. The Bertz CT molecular complexity index is 431. The monoisotopic (exact) mass is 497 g/mol. The van der Waals surface area contributed by atoms with Gasteiger partial charge in [0.05, 0.1) is 11.9 Å². The number of likely N-dealkylation sites (tertiary alicyclic amines) is 1. The van der Waals surface area contributed by atoms with Crippen LogP contribution in [-0.2, 0) is 19.5 Å². The molecule has 1 aromatic rings. The molecule has 0 bridgehead atoms. The number of rotatable bonds is 6. The van der Waals surface area contributed by atoms with Crippen molar-refractivity contribution in [1.82, 2.24) is 14.8 Å². The van der Waals surface area contributed by atoms with Crippen molar-refractivity contribution in [3.05, 3.63) is 47.7 Å². The van der Waals surface area contributed by atoms with Gasteiger partial charge in [-0.25, -0.2) is 0 Å². The first-order valence-corrected chi connectivity index (χ1v) is 10.1. The van der Waals surface area contributed by atoms with E-state index >= 15 is 0 Å². The number of allylic oxidation sites excluding steroid dienone is 1. The van der Waals surface area contributed by atoms with Crippen molar-refractivity contribution >= 4 is 0 Å². The van der Waals surface area contributed by atoms with Crippen molar-refractivity contribution in [3.63, 3.8) is 0 Å². The van der Waals surface area contributed by atoms with Crippen LogP contribution in [0.4, 0.5) is 0 Å². The van der Waals surface area contributed by atoms with E-state index in [4.69, 9.17) is 10.2 Å². The molecule has 1 radical (unpaired) electrons. The molecule has 2 rings (SSSR count). The molecule has 0 aliphatic carbocycles. The van der Waals surface area contributed by atoms with Gasteiger partial charge in [-0.05, 0) is 65.7 Å². The van der Waals surface area contributed by atoms with Gasteiger partial charge < -0.3 is 25.3 Å². The Hall–Kier alpha value is -0.847. The summed E-state index contributed by atoms with van der Waals surface area (Å²) < 4.78 is 0. The summed E-state index contributed by atoms with van der Waals surface area (Å²) in [6.07, 6.45) is 6.94. The fourth-order valence-corrected chi connectivity index (χ4v) is 2.18. The van der Waals surface area contributed by atoms with E-state index in [-0.39, 0.29) is 25.2 Å². The van der Waals surface area contributed by atoms with E-state index in [0.717, 1.165) is 19.1 Å². The minimum atomic E-state index is -0.537. The minimum Gasteiger partial charge on any atom is -0.664 e. The van der Waals surface area contributed by atoms with Crippen LogP contribution in [0.3, 0.4) is 0 Å². The Morgan fingerprint density at radius 2 is 1.86 bits per heavy atom. The average molecular weight is 497 g/mol. The van der Waals surface area contributed by atoms with Gasteiger partial charge >= 0.3 is 19.5 Å². The minimum absolute atomic E-state index is 0. The van der Waals surface area contributed by atoms with Crippen LogP contribution in [0.15, 0.2) is 42.4 Å². The fourth-order valence-electron chi connectivity index (χ4n) is 2.18. The molecule has 7 heteroatoms. The second-order valence-corrected chi connectivity index (χ2v) is 7.01. The zero-order valence-corrected chi connectivity index (χ0v) is 21.1. The van der Waals surface area contributed by atoms with Gasteiger partial charge in [0.25, 0.3) is 0 Å². The van der Waals surface area contributed by atoms with Crippen molar-refractivity contribution < 1.29 is 29.7 Å².